The lowest BCUT2D eigenvalue weighted by molar-refractivity contribution is 0.289. The minimum Gasteiger partial charge on any atom is -0.494 e. The van der Waals surface area contributed by atoms with E-state index in [2.05, 4.69) is 19.0 Å². The molecule has 5 nitrogen and oxygen atoms in total. The van der Waals surface area contributed by atoms with Gasteiger partial charge in [0, 0.05) is 10.4 Å². The number of rotatable bonds is 7. The van der Waals surface area contributed by atoms with E-state index in [4.69, 9.17) is 16.3 Å². The minimum atomic E-state index is -0.158. The number of nitroso groups, excluding NO2 is 1. The molecule has 26 heavy (non-hydrogen) atoms. The van der Waals surface area contributed by atoms with Crippen LogP contribution in [0.15, 0.2) is 47.6 Å². The first-order valence-corrected chi connectivity index (χ1v) is 8.93. The zero-order chi connectivity index (χ0) is 18.7. The average Bonchev–Trinajstić information content (AvgIpc) is 2.87. The second-order valence-corrected chi connectivity index (χ2v) is 7.12. The molecule has 3 rings (SSSR count). The maximum absolute atomic E-state index is 11.1. The van der Waals surface area contributed by atoms with Crippen molar-refractivity contribution >= 4 is 28.2 Å². The van der Waals surface area contributed by atoms with Gasteiger partial charge in [-0.1, -0.05) is 37.6 Å². The Bertz CT molecular complexity index is 917. The van der Waals surface area contributed by atoms with E-state index in [0.29, 0.717) is 35.0 Å². The van der Waals surface area contributed by atoms with Crippen LogP contribution in [0.25, 0.3) is 10.9 Å². The smallest absolute Gasteiger partial charge is 0.222 e. The Balaban J connectivity index is 1.84. The Morgan fingerprint density at radius 1 is 1.19 bits per heavy atom. The summed E-state index contributed by atoms with van der Waals surface area (Å²) in [6, 6.07) is 12.8. The topological polar surface area (TPSA) is 63.8 Å². The molecule has 0 unspecified atom stereocenters. The molecule has 0 aliphatic carbocycles. The Hall–Kier alpha value is -2.53. The summed E-state index contributed by atoms with van der Waals surface area (Å²) in [5.74, 6) is 1.26. The summed E-state index contributed by atoms with van der Waals surface area (Å²) in [5.41, 5.74) is 1.66. The monoisotopic (exact) mass is 372 g/mol. The molecule has 0 aliphatic heterocycles. The fourth-order valence-corrected chi connectivity index (χ4v) is 2.99. The molecule has 1 aromatic heterocycles. The van der Waals surface area contributed by atoms with Crippen molar-refractivity contribution in [2.24, 2.45) is 11.1 Å². The molecule has 136 valence electrons. The molecule has 0 atom stereocenters. The second kappa shape index (κ2) is 7.79. The molecular formula is C20H21ClN2O3. The van der Waals surface area contributed by atoms with Crippen molar-refractivity contribution in [3.63, 3.8) is 0 Å². The summed E-state index contributed by atoms with van der Waals surface area (Å²) in [4.78, 5) is 11.1. The molecule has 0 saturated heterocycles. The predicted molar refractivity (Wildman–Crippen MR) is 105 cm³/mol. The largest absolute Gasteiger partial charge is 0.494 e. The molecule has 0 amide bonds. The van der Waals surface area contributed by atoms with E-state index in [1.54, 1.807) is 22.8 Å². The van der Waals surface area contributed by atoms with E-state index in [9.17, 15) is 10.0 Å². The van der Waals surface area contributed by atoms with Crippen LogP contribution in [-0.2, 0) is 6.54 Å². The molecule has 3 aromatic rings. The normalized spacial score (nSPS) is 11.2. The Labute approximate surface area is 157 Å². The fourth-order valence-electron chi connectivity index (χ4n) is 2.83. The number of ether oxygens (including phenoxy) is 1. The van der Waals surface area contributed by atoms with Gasteiger partial charge < -0.3 is 14.4 Å². The lowest BCUT2D eigenvalue weighted by Crippen LogP contribution is -2.02. The van der Waals surface area contributed by atoms with Crippen LogP contribution in [0.5, 0.6) is 11.6 Å². The standard InChI is InChI=1S/C20H21ClN2O3/c1-13(2)9-10-26-16-6-3-14(4-7-16)12-23-18-11-15(21)5-8-17(18)19(22-25)20(23)24/h3-8,11,13,24H,9-10,12H2,1-2H3. The molecule has 0 bridgehead atoms. The summed E-state index contributed by atoms with van der Waals surface area (Å²) < 4.78 is 7.35. The highest BCUT2D eigenvalue weighted by Crippen LogP contribution is 2.39. The van der Waals surface area contributed by atoms with E-state index in [-0.39, 0.29) is 11.6 Å². The molecule has 0 aliphatic rings. The summed E-state index contributed by atoms with van der Waals surface area (Å²) in [6.45, 7) is 5.40. The zero-order valence-corrected chi connectivity index (χ0v) is 15.5. The van der Waals surface area contributed by atoms with Crippen LogP contribution in [0.3, 0.4) is 0 Å². The second-order valence-electron chi connectivity index (χ2n) is 6.69. The first-order valence-electron chi connectivity index (χ1n) is 8.55. The van der Waals surface area contributed by atoms with Crippen molar-refractivity contribution in [3.8, 4) is 11.6 Å². The molecule has 2 aromatic carbocycles. The molecular weight excluding hydrogens is 352 g/mol. The number of halogens is 1. The van der Waals surface area contributed by atoms with Gasteiger partial charge in [-0.15, -0.1) is 4.91 Å². The van der Waals surface area contributed by atoms with Crippen LogP contribution in [0.2, 0.25) is 5.02 Å². The molecule has 0 saturated carbocycles. The van der Waals surface area contributed by atoms with Gasteiger partial charge in [0.1, 0.15) is 5.75 Å². The number of aromatic hydroxyl groups is 1. The number of benzene rings is 2. The number of hydrogen-bond acceptors (Lipinski definition) is 4. The summed E-state index contributed by atoms with van der Waals surface area (Å²) >= 11 is 6.07. The van der Waals surface area contributed by atoms with Crippen molar-refractivity contribution in [3.05, 3.63) is 58.0 Å². The Morgan fingerprint density at radius 3 is 2.58 bits per heavy atom. The summed E-state index contributed by atoms with van der Waals surface area (Å²) in [7, 11) is 0. The van der Waals surface area contributed by atoms with Crippen LogP contribution in [0.4, 0.5) is 5.69 Å². The van der Waals surface area contributed by atoms with Gasteiger partial charge in [-0.05, 0) is 53.4 Å². The van der Waals surface area contributed by atoms with E-state index in [1.807, 2.05) is 24.3 Å². The van der Waals surface area contributed by atoms with Gasteiger partial charge in [0.05, 0.1) is 18.7 Å². The summed E-state index contributed by atoms with van der Waals surface area (Å²) in [5, 5.41) is 14.5. The van der Waals surface area contributed by atoms with Crippen LogP contribution < -0.4 is 4.74 Å². The molecule has 0 spiro atoms. The lowest BCUT2D eigenvalue weighted by atomic mass is 10.1. The van der Waals surface area contributed by atoms with Crippen molar-refractivity contribution in [2.75, 3.05) is 6.61 Å². The maximum Gasteiger partial charge on any atom is 0.222 e. The lowest BCUT2D eigenvalue weighted by Gasteiger charge is -2.10. The Morgan fingerprint density at radius 2 is 1.92 bits per heavy atom. The van der Waals surface area contributed by atoms with Crippen molar-refractivity contribution in [1.82, 2.24) is 4.57 Å². The van der Waals surface area contributed by atoms with Crippen LogP contribution in [0, 0.1) is 10.8 Å². The molecule has 1 N–H and O–H groups in total. The van der Waals surface area contributed by atoms with Gasteiger partial charge >= 0.3 is 0 Å². The summed E-state index contributed by atoms with van der Waals surface area (Å²) in [6.07, 6.45) is 1.01. The molecule has 1 heterocycles. The van der Waals surface area contributed by atoms with Crippen LogP contribution in [-0.4, -0.2) is 16.3 Å². The number of fused-ring (bicyclic) bond motifs is 1. The SMILES string of the molecule is CC(C)CCOc1ccc(Cn2c(O)c(N=O)c3ccc(Cl)cc32)cc1. The molecule has 6 heteroatoms. The minimum absolute atomic E-state index is 0.0327. The van der Waals surface area contributed by atoms with Gasteiger partial charge in [-0.25, -0.2) is 0 Å². The molecule has 0 fully saturated rings. The first-order chi connectivity index (χ1) is 12.5. The predicted octanol–water partition coefficient (Wildman–Crippen LogP) is 5.87. The van der Waals surface area contributed by atoms with Gasteiger partial charge in [0.25, 0.3) is 0 Å². The van der Waals surface area contributed by atoms with E-state index < -0.39 is 0 Å². The van der Waals surface area contributed by atoms with Crippen LogP contribution in [0.1, 0.15) is 25.8 Å². The van der Waals surface area contributed by atoms with Gasteiger partial charge in [-0.3, -0.25) is 0 Å². The van der Waals surface area contributed by atoms with Crippen molar-refractivity contribution in [1.29, 1.82) is 0 Å². The number of aromatic nitrogens is 1. The zero-order valence-electron chi connectivity index (χ0n) is 14.8. The Kier molecular flexibility index (Phi) is 5.47. The quantitative estimate of drug-likeness (QED) is 0.527. The van der Waals surface area contributed by atoms with Gasteiger partial charge in [-0.2, -0.15) is 0 Å². The third-order valence-corrected chi connectivity index (χ3v) is 4.53. The van der Waals surface area contributed by atoms with E-state index >= 15 is 0 Å². The molecule has 0 radical (unpaired) electrons. The highest BCUT2D eigenvalue weighted by Gasteiger charge is 2.18. The van der Waals surface area contributed by atoms with Gasteiger partial charge in [0.2, 0.25) is 5.88 Å². The third kappa shape index (κ3) is 3.83. The van der Waals surface area contributed by atoms with E-state index in [1.165, 1.54) is 0 Å². The highest BCUT2D eigenvalue weighted by molar-refractivity contribution is 6.31. The maximum atomic E-state index is 11.1. The van der Waals surface area contributed by atoms with E-state index in [0.717, 1.165) is 17.7 Å². The van der Waals surface area contributed by atoms with Crippen LogP contribution >= 0.6 is 11.6 Å². The first kappa shape index (κ1) is 18.3. The fraction of sp³-hybridized carbons (Fsp3) is 0.300. The third-order valence-electron chi connectivity index (χ3n) is 4.29. The average molecular weight is 373 g/mol. The number of hydrogen-bond donors (Lipinski definition) is 1. The van der Waals surface area contributed by atoms with Crippen molar-refractivity contribution in [2.45, 2.75) is 26.8 Å². The number of nitrogens with zero attached hydrogens (tertiary/aromatic N) is 2. The highest BCUT2D eigenvalue weighted by atomic mass is 35.5. The van der Waals surface area contributed by atoms with Gasteiger partial charge in [0.15, 0.2) is 5.69 Å². The van der Waals surface area contributed by atoms with Crippen molar-refractivity contribution < 1.29 is 9.84 Å².